The van der Waals surface area contributed by atoms with E-state index < -0.39 is 59.7 Å². The molecule has 2 nitrogen and oxygen atoms in total. The van der Waals surface area contributed by atoms with Crippen molar-refractivity contribution in [3.05, 3.63) is 63.7 Å². The first kappa shape index (κ1) is 30.6. The van der Waals surface area contributed by atoms with Gasteiger partial charge in [-0.15, -0.1) is 0 Å². The van der Waals surface area contributed by atoms with Gasteiger partial charge in [0.15, 0.2) is 0 Å². The molecule has 0 N–H and O–H groups in total. The zero-order chi connectivity index (χ0) is 29.3. The van der Waals surface area contributed by atoms with Gasteiger partial charge >= 0.3 is 18.5 Å². The predicted octanol–water partition coefficient (Wildman–Crippen LogP) is 10.2. The molecule has 2 aromatic carbocycles. The van der Waals surface area contributed by atoms with Gasteiger partial charge in [0.2, 0.25) is 0 Å². The molecular formula is C30H34F8O2. The highest BCUT2D eigenvalue weighted by molar-refractivity contribution is 5.50. The van der Waals surface area contributed by atoms with Gasteiger partial charge in [-0.3, -0.25) is 0 Å². The van der Waals surface area contributed by atoms with Gasteiger partial charge in [-0.1, -0.05) is 44.4 Å². The number of ether oxygens (including phenoxy) is 2. The molecule has 1 atom stereocenters. The Hall–Kier alpha value is -2.36. The summed E-state index contributed by atoms with van der Waals surface area (Å²) in [6, 6.07) is 7.22. The molecule has 222 valence electrons. The van der Waals surface area contributed by atoms with E-state index in [0.29, 0.717) is 5.92 Å². The van der Waals surface area contributed by atoms with Crippen molar-refractivity contribution in [2.24, 2.45) is 5.92 Å². The maximum absolute atomic E-state index is 14.8. The summed E-state index contributed by atoms with van der Waals surface area (Å²) < 4.78 is 122. The average molecular weight is 579 g/mol. The van der Waals surface area contributed by atoms with Crippen molar-refractivity contribution in [3.8, 4) is 5.75 Å². The molecule has 0 aromatic heterocycles. The molecule has 2 fully saturated rings. The van der Waals surface area contributed by atoms with Gasteiger partial charge in [0.25, 0.3) is 0 Å². The molecule has 1 aliphatic heterocycles. The largest absolute Gasteiger partial charge is 0.433 e. The minimum absolute atomic E-state index is 0.135. The van der Waals surface area contributed by atoms with Crippen molar-refractivity contribution < 1.29 is 44.6 Å². The summed E-state index contributed by atoms with van der Waals surface area (Å²) in [7, 11) is 0. The van der Waals surface area contributed by atoms with E-state index in [9.17, 15) is 35.1 Å². The zero-order valence-electron chi connectivity index (χ0n) is 22.5. The van der Waals surface area contributed by atoms with Crippen LogP contribution in [0.25, 0.3) is 0 Å². The number of benzene rings is 2. The van der Waals surface area contributed by atoms with Crippen LogP contribution in [-0.2, 0) is 23.5 Å². The lowest BCUT2D eigenvalue weighted by Crippen LogP contribution is -2.27. The first-order valence-electron chi connectivity index (χ1n) is 13.8. The summed E-state index contributed by atoms with van der Waals surface area (Å²) in [4.78, 5) is 0. The topological polar surface area (TPSA) is 21.8 Å². The first-order chi connectivity index (χ1) is 18.7. The van der Waals surface area contributed by atoms with Crippen molar-refractivity contribution in [1.29, 1.82) is 0 Å². The summed E-state index contributed by atoms with van der Waals surface area (Å²) in [6.45, 7) is 3.22. The first-order valence-corrected chi connectivity index (χ1v) is 13.8. The van der Waals surface area contributed by atoms with E-state index in [2.05, 4.69) is 6.92 Å². The number of unbranched alkanes of at least 4 members (excludes halogenated alkanes) is 1. The molecule has 1 saturated carbocycles. The Labute approximate surface area is 229 Å². The average Bonchev–Trinajstić information content (AvgIpc) is 3.71. The van der Waals surface area contributed by atoms with Crippen molar-refractivity contribution >= 4 is 0 Å². The molecule has 2 aromatic rings. The molecule has 1 saturated heterocycles. The van der Waals surface area contributed by atoms with E-state index >= 15 is 0 Å². The van der Waals surface area contributed by atoms with E-state index in [1.807, 2.05) is 0 Å². The lowest BCUT2D eigenvalue weighted by atomic mass is 9.77. The summed E-state index contributed by atoms with van der Waals surface area (Å²) in [5.74, 6) is 0.905. The van der Waals surface area contributed by atoms with Gasteiger partial charge in [0.1, 0.15) is 11.9 Å². The van der Waals surface area contributed by atoms with Gasteiger partial charge in [-0.05, 0) is 85.3 Å². The third-order valence-electron chi connectivity index (χ3n) is 8.03. The van der Waals surface area contributed by atoms with E-state index in [4.69, 9.17) is 9.47 Å². The molecule has 0 spiro atoms. The summed E-state index contributed by atoms with van der Waals surface area (Å²) in [5.41, 5.74) is -4.39. The lowest BCUT2D eigenvalue weighted by Gasteiger charge is -2.29. The van der Waals surface area contributed by atoms with Crippen LogP contribution in [-0.4, -0.2) is 12.7 Å². The van der Waals surface area contributed by atoms with Crippen LogP contribution in [0.1, 0.15) is 104 Å². The molecule has 1 unspecified atom stereocenters. The maximum Gasteiger partial charge on any atom is 0.417 e. The molecule has 10 heteroatoms. The number of rotatable bonds is 10. The Balaban J connectivity index is 1.46. The molecule has 0 bridgehead atoms. The number of hydrogen-bond donors (Lipinski definition) is 0. The van der Waals surface area contributed by atoms with Crippen LogP contribution in [0.5, 0.6) is 5.75 Å². The van der Waals surface area contributed by atoms with Crippen LogP contribution in [0, 0.1) is 12.8 Å². The predicted molar refractivity (Wildman–Crippen MR) is 134 cm³/mol. The third-order valence-corrected chi connectivity index (χ3v) is 8.03. The van der Waals surface area contributed by atoms with Crippen molar-refractivity contribution in [3.63, 3.8) is 0 Å². The molecular weight excluding hydrogens is 544 g/mol. The zero-order valence-corrected chi connectivity index (χ0v) is 22.5. The molecule has 0 amide bonds. The van der Waals surface area contributed by atoms with Gasteiger partial charge in [-0.2, -0.15) is 35.1 Å². The smallest absolute Gasteiger partial charge is 0.417 e. The normalized spacial score (nSPS) is 21.9. The highest BCUT2D eigenvalue weighted by Crippen LogP contribution is 2.49. The minimum Gasteiger partial charge on any atom is -0.433 e. The second-order valence-electron chi connectivity index (χ2n) is 11.0. The fourth-order valence-corrected chi connectivity index (χ4v) is 5.89. The second-order valence-corrected chi connectivity index (χ2v) is 11.0. The lowest BCUT2D eigenvalue weighted by molar-refractivity contribution is -0.181. The fourth-order valence-electron chi connectivity index (χ4n) is 5.89. The monoisotopic (exact) mass is 578 g/mol. The molecule has 40 heavy (non-hydrogen) atoms. The fraction of sp³-hybridized carbons (Fsp3) is 0.600. The van der Waals surface area contributed by atoms with E-state index in [0.717, 1.165) is 43.2 Å². The molecule has 4 rings (SSSR count). The SMILES string of the molecule is CCCCC1CCC(c2ccc(OC(F)(F)CCc3c(C)cc(C4CO4)c(C(F)(F)F)c3C(F)(F)F)cc2)CC1. The van der Waals surface area contributed by atoms with Crippen LogP contribution < -0.4 is 4.74 Å². The standard InChI is InChI=1S/C30H34F8O2/c1-3-4-5-19-6-8-20(9-7-19)21-10-12-22(13-11-21)40-28(31,32)15-14-23-18(2)16-24(25-17-39-25)27(30(36,37)38)26(23)29(33,34)35/h10-13,16,19-20,25H,3-9,14-15,17H2,1-2H3. The molecule has 1 aliphatic carbocycles. The highest BCUT2D eigenvalue weighted by Gasteiger charge is 2.49. The van der Waals surface area contributed by atoms with Crippen molar-refractivity contribution in [2.45, 2.75) is 102 Å². The van der Waals surface area contributed by atoms with Gasteiger partial charge in [-0.25, -0.2) is 0 Å². The van der Waals surface area contributed by atoms with Crippen molar-refractivity contribution in [2.75, 3.05) is 6.61 Å². The number of alkyl halides is 8. The second kappa shape index (κ2) is 11.9. The van der Waals surface area contributed by atoms with Gasteiger partial charge < -0.3 is 9.47 Å². The number of hydrogen-bond acceptors (Lipinski definition) is 2. The van der Waals surface area contributed by atoms with E-state index in [1.54, 1.807) is 12.1 Å². The van der Waals surface area contributed by atoms with E-state index in [-0.39, 0.29) is 17.9 Å². The van der Waals surface area contributed by atoms with E-state index in [1.165, 1.54) is 38.3 Å². The summed E-state index contributed by atoms with van der Waals surface area (Å²) in [6.07, 6.45) is -10.0. The third kappa shape index (κ3) is 7.47. The van der Waals surface area contributed by atoms with Crippen LogP contribution in [0.2, 0.25) is 0 Å². The Bertz CT molecular complexity index is 1140. The number of aryl methyl sites for hydroxylation is 1. The minimum atomic E-state index is -5.41. The van der Waals surface area contributed by atoms with Gasteiger partial charge in [0, 0.05) is 0 Å². The van der Waals surface area contributed by atoms with Crippen molar-refractivity contribution in [1.82, 2.24) is 0 Å². The van der Waals surface area contributed by atoms with Crippen LogP contribution in [0.4, 0.5) is 35.1 Å². The maximum atomic E-state index is 14.8. The molecule has 0 radical (unpaired) electrons. The number of halogens is 8. The van der Waals surface area contributed by atoms with Gasteiger partial charge in [0.05, 0.1) is 24.2 Å². The molecule has 2 aliphatic rings. The Morgan fingerprint density at radius 2 is 1.48 bits per heavy atom. The number of epoxide rings is 1. The van der Waals surface area contributed by atoms with Crippen LogP contribution >= 0.6 is 0 Å². The summed E-state index contributed by atoms with van der Waals surface area (Å²) >= 11 is 0. The Morgan fingerprint density at radius 3 is 2.00 bits per heavy atom. The summed E-state index contributed by atoms with van der Waals surface area (Å²) in [5, 5.41) is 0. The quantitative estimate of drug-likeness (QED) is 0.207. The van der Waals surface area contributed by atoms with Crippen LogP contribution in [0.15, 0.2) is 30.3 Å². The highest BCUT2D eigenvalue weighted by atomic mass is 19.4. The Morgan fingerprint density at radius 1 is 0.875 bits per heavy atom. The van der Waals surface area contributed by atoms with Crippen LogP contribution in [0.3, 0.4) is 0 Å². The molecule has 1 heterocycles. The Kier molecular flexibility index (Phi) is 9.07.